The van der Waals surface area contributed by atoms with Gasteiger partial charge in [0, 0.05) is 6.07 Å². The zero-order valence-corrected chi connectivity index (χ0v) is 14.4. The second kappa shape index (κ2) is 8.84. The van der Waals surface area contributed by atoms with Gasteiger partial charge in [-0.15, -0.1) is 0 Å². The molecule has 0 heterocycles. The molecular formula is C18H17F2NO6. The number of hydrogen-bond donors (Lipinski definition) is 2. The van der Waals surface area contributed by atoms with Crippen molar-refractivity contribution in [2.75, 3.05) is 12.4 Å². The maximum Gasteiger partial charge on any atom is 0.387 e. The molecule has 144 valence electrons. The van der Waals surface area contributed by atoms with Gasteiger partial charge in [0.15, 0.2) is 6.10 Å². The third-order valence-electron chi connectivity index (χ3n) is 3.44. The molecule has 2 aromatic rings. The average molecular weight is 381 g/mol. The van der Waals surface area contributed by atoms with Gasteiger partial charge < -0.3 is 24.6 Å². The first-order chi connectivity index (χ1) is 12.8. The van der Waals surface area contributed by atoms with Crippen molar-refractivity contribution in [1.29, 1.82) is 0 Å². The summed E-state index contributed by atoms with van der Waals surface area (Å²) < 4.78 is 39.1. The number of methoxy groups -OCH3 is 1. The summed E-state index contributed by atoms with van der Waals surface area (Å²) in [5.74, 6) is -1.96. The maximum absolute atomic E-state index is 12.4. The fraction of sp³-hybridized carbons (Fsp3) is 0.222. The van der Waals surface area contributed by atoms with Crippen LogP contribution in [-0.2, 0) is 9.53 Å². The van der Waals surface area contributed by atoms with E-state index in [1.54, 1.807) is 0 Å². The molecule has 2 rings (SSSR count). The molecule has 9 heteroatoms. The number of phenolic OH excluding ortho intramolecular Hbond substituents is 1. The van der Waals surface area contributed by atoms with Crippen molar-refractivity contribution >= 4 is 17.6 Å². The predicted octanol–water partition coefficient (Wildman–Crippen LogP) is 3.19. The Bertz CT molecular complexity index is 827. The number of rotatable bonds is 7. The molecule has 0 radical (unpaired) electrons. The smallest absolute Gasteiger partial charge is 0.387 e. The Morgan fingerprint density at radius 1 is 1.15 bits per heavy atom. The number of aromatic hydroxyl groups is 1. The van der Waals surface area contributed by atoms with Crippen LogP contribution in [0.2, 0.25) is 0 Å². The molecule has 7 nitrogen and oxygen atoms in total. The van der Waals surface area contributed by atoms with Gasteiger partial charge in [0.25, 0.3) is 5.91 Å². The van der Waals surface area contributed by atoms with Crippen molar-refractivity contribution in [2.45, 2.75) is 19.6 Å². The molecule has 1 amide bonds. The van der Waals surface area contributed by atoms with Crippen LogP contribution in [0.25, 0.3) is 0 Å². The summed E-state index contributed by atoms with van der Waals surface area (Å²) in [5.41, 5.74) is -0.158. The number of phenols is 1. The number of para-hydroxylation sites is 2. The second-order valence-corrected chi connectivity index (χ2v) is 5.29. The highest BCUT2D eigenvalue weighted by molar-refractivity contribution is 5.99. The summed E-state index contributed by atoms with van der Waals surface area (Å²) >= 11 is 0. The van der Waals surface area contributed by atoms with E-state index >= 15 is 0 Å². The highest BCUT2D eigenvalue weighted by Gasteiger charge is 2.22. The average Bonchev–Trinajstić information content (AvgIpc) is 2.62. The van der Waals surface area contributed by atoms with Gasteiger partial charge in [0.1, 0.15) is 22.8 Å². The first-order valence-electron chi connectivity index (χ1n) is 7.74. The van der Waals surface area contributed by atoms with E-state index in [2.05, 4.69) is 10.1 Å². The molecule has 0 spiro atoms. The number of carbonyl (C=O) groups is 2. The van der Waals surface area contributed by atoms with Crippen LogP contribution < -0.4 is 14.8 Å². The SMILES string of the molecule is COc1ccc(C(=O)O[C@H](C)C(=O)Nc2ccccc2OC(F)F)c(O)c1. The largest absolute Gasteiger partial charge is 0.507 e. The Kier molecular flexibility index (Phi) is 6.53. The fourth-order valence-electron chi connectivity index (χ4n) is 2.09. The molecule has 0 saturated heterocycles. The van der Waals surface area contributed by atoms with Crippen molar-refractivity contribution in [3.05, 3.63) is 48.0 Å². The molecule has 0 aromatic heterocycles. The van der Waals surface area contributed by atoms with E-state index in [1.165, 1.54) is 56.5 Å². The fourth-order valence-corrected chi connectivity index (χ4v) is 2.09. The normalized spacial score (nSPS) is 11.6. The summed E-state index contributed by atoms with van der Waals surface area (Å²) in [6.45, 7) is -1.76. The summed E-state index contributed by atoms with van der Waals surface area (Å²) in [6.07, 6.45) is -1.27. The van der Waals surface area contributed by atoms with Crippen LogP contribution in [0.5, 0.6) is 17.2 Å². The Morgan fingerprint density at radius 2 is 1.85 bits per heavy atom. The Balaban J connectivity index is 2.05. The topological polar surface area (TPSA) is 94.1 Å². The van der Waals surface area contributed by atoms with Crippen LogP contribution >= 0.6 is 0 Å². The number of hydrogen-bond acceptors (Lipinski definition) is 6. The van der Waals surface area contributed by atoms with E-state index in [0.717, 1.165) is 0 Å². The predicted molar refractivity (Wildman–Crippen MR) is 91.2 cm³/mol. The third-order valence-corrected chi connectivity index (χ3v) is 3.44. The van der Waals surface area contributed by atoms with Crippen molar-refractivity contribution in [3.8, 4) is 17.2 Å². The van der Waals surface area contributed by atoms with E-state index in [9.17, 15) is 23.5 Å². The number of ether oxygens (including phenoxy) is 3. The lowest BCUT2D eigenvalue weighted by Crippen LogP contribution is -2.30. The first kappa shape index (κ1) is 20.0. The zero-order chi connectivity index (χ0) is 20.0. The molecule has 0 fully saturated rings. The number of amides is 1. The molecule has 0 aliphatic heterocycles. The van der Waals surface area contributed by atoms with Gasteiger partial charge >= 0.3 is 12.6 Å². The number of esters is 1. The van der Waals surface area contributed by atoms with Crippen LogP contribution in [0.15, 0.2) is 42.5 Å². The number of alkyl halides is 2. The number of benzene rings is 2. The van der Waals surface area contributed by atoms with Crippen LogP contribution in [0.1, 0.15) is 17.3 Å². The number of carbonyl (C=O) groups excluding carboxylic acids is 2. The summed E-state index contributed by atoms with van der Waals surface area (Å²) in [5, 5.41) is 12.2. The number of halogens is 2. The zero-order valence-electron chi connectivity index (χ0n) is 14.4. The minimum Gasteiger partial charge on any atom is -0.507 e. The highest BCUT2D eigenvalue weighted by atomic mass is 19.3. The van der Waals surface area contributed by atoms with Gasteiger partial charge in [0.05, 0.1) is 12.8 Å². The molecule has 0 unspecified atom stereocenters. The highest BCUT2D eigenvalue weighted by Crippen LogP contribution is 2.26. The summed E-state index contributed by atoms with van der Waals surface area (Å²) in [6, 6.07) is 9.54. The molecule has 2 aromatic carbocycles. The maximum atomic E-state index is 12.4. The van der Waals surface area contributed by atoms with Gasteiger partial charge in [-0.1, -0.05) is 12.1 Å². The number of anilines is 1. The summed E-state index contributed by atoms with van der Waals surface area (Å²) in [7, 11) is 1.40. The van der Waals surface area contributed by atoms with Crippen LogP contribution in [0.3, 0.4) is 0 Å². The number of nitrogens with one attached hydrogen (secondary N) is 1. The van der Waals surface area contributed by atoms with Crippen molar-refractivity contribution < 1.29 is 37.7 Å². The lowest BCUT2D eigenvalue weighted by Gasteiger charge is -2.16. The molecule has 1 atom stereocenters. The van der Waals surface area contributed by atoms with Crippen LogP contribution in [0.4, 0.5) is 14.5 Å². The molecule has 2 N–H and O–H groups in total. The second-order valence-electron chi connectivity index (χ2n) is 5.29. The standard InChI is InChI=1S/C18H17F2NO6/c1-10(26-17(24)12-8-7-11(25-2)9-14(12)22)16(23)21-13-5-3-4-6-15(13)27-18(19)20/h3-10,18,22H,1-2H3,(H,21,23)/t10-/m1/s1. The first-order valence-corrected chi connectivity index (χ1v) is 7.74. The van der Waals surface area contributed by atoms with Gasteiger partial charge in [-0.2, -0.15) is 8.78 Å². The van der Waals surface area contributed by atoms with Gasteiger partial charge in [0.2, 0.25) is 0 Å². The van der Waals surface area contributed by atoms with Crippen molar-refractivity contribution in [2.24, 2.45) is 0 Å². The minimum atomic E-state index is -3.06. The monoisotopic (exact) mass is 381 g/mol. The van der Waals surface area contributed by atoms with Crippen molar-refractivity contribution in [1.82, 2.24) is 0 Å². The molecule has 27 heavy (non-hydrogen) atoms. The van der Waals surface area contributed by atoms with Gasteiger partial charge in [-0.3, -0.25) is 4.79 Å². The van der Waals surface area contributed by atoms with E-state index in [-0.39, 0.29) is 22.7 Å². The van der Waals surface area contributed by atoms with Crippen LogP contribution in [-0.4, -0.2) is 36.8 Å². The molecule has 0 bridgehead atoms. The lowest BCUT2D eigenvalue weighted by atomic mass is 10.2. The van der Waals surface area contributed by atoms with E-state index in [1.807, 2.05) is 0 Å². The van der Waals surface area contributed by atoms with Gasteiger partial charge in [-0.05, 0) is 31.2 Å². The molecule has 0 aliphatic rings. The molecule has 0 aliphatic carbocycles. The van der Waals surface area contributed by atoms with Crippen molar-refractivity contribution in [3.63, 3.8) is 0 Å². The Morgan fingerprint density at radius 3 is 2.48 bits per heavy atom. The quantitative estimate of drug-likeness (QED) is 0.716. The Hall–Kier alpha value is -3.36. The molecule has 0 saturated carbocycles. The minimum absolute atomic E-state index is 0.00186. The molecular weight excluding hydrogens is 364 g/mol. The van der Waals surface area contributed by atoms with Crippen LogP contribution in [0, 0.1) is 0 Å². The summed E-state index contributed by atoms with van der Waals surface area (Å²) in [4.78, 5) is 24.3. The lowest BCUT2D eigenvalue weighted by molar-refractivity contribution is -0.123. The van der Waals surface area contributed by atoms with E-state index in [0.29, 0.717) is 5.75 Å². The Labute approximate surface area is 153 Å². The van der Waals surface area contributed by atoms with E-state index < -0.39 is 24.6 Å². The third kappa shape index (κ3) is 5.30. The van der Waals surface area contributed by atoms with Gasteiger partial charge in [-0.25, -0.2) is 4.79 Å². The van der Waals surface area contributed by atoms with E-state index in [4.69, 9.17) is 9.47 Å².